The van der Waals surface area contributed by atoms with E-state index in [9.17, 15) is 0 Å². The predicted molar refractivity (Wildman–Crippen MR) is 76.6 cm³/mol. The van der Waals surface area contributed by atoms with Crippen LogP contribution in [-0.2, 0) is 6.42 Å². The Balaban J connectivity index is 2.70. The van der Waals surface area contributed by atoms with Gasteiger partial charge in [-0.3, -0.25) is 0 Å². The molecule has 1 aromatic carbocycles. The average molecular weight is 337 g/mol. The molecule has 0 radical (unpaired) electrons. The van der Waals surface area contributed by atoms with E-state index >= 15 is 0 Å². The fourth-order valence-electron chi connectivity index (χ4n) is 1.90. The normalized spacial score (nSPS) is 14.9. The Hall–Kier alpha value is 0.240. The minimum atomic E-state index is 0.253. The van der Waals surface area contributed by atoms with E-state index in [0.717, 1.165) is 12.3 Å². The summed E-state index contributed by atoms with van der Waals surface area (Å²) >= 11 is 8.40. The summed E-state index contributed by atoms with van der Waals surface area (Å²) < 4.78 is 1.29. The Morgan fingerprint density at radius 3 is 2.33 bits per heavy atom. The minimum Gasteiger partial charge on any atom is -0.126 e. The Bertz CT molecular complexity index is 294. The number of rotatable bonds is 5. The first kappa shape index (κ1) is 13.3. The molecule has 1 rings (SSSR count). The third-order valence-electron chi connectivity index (χ3n) is 2.72. The molecule has 0 nitrogen and oxygen atoms in total. The van der Waals surface area contributed by atoms with Crippen LogP contribution >= 0.6 is 34.2 Å². The van der Waals surface area contributed by atoms with Crippen LogP contribution in [0.25, 0.3) is 0 Å². The van der Waals surface area contributed by atoms with Crippen molar-refractivity contribution in [3.05, 3.63) is 33.4 Å². The molecule has 84 valence electrons. The van der Waals surface area contributed by atoms with Gasteiger partial charge < -0.3 is 0 Å². The van der Waals surface area contributed by atoms with Crippen LogP contribution in [0, 0.1) is 8.99 Å². The highest BCUT2D eigenvalue weighted by molar-refractivity contribution is 14.1. The zero-order chi connectivity index (χ0) is 11.3. The smallest absolute Gasteiger partial charge is 0.0280 e. The molecule has 15 heavy (non-hydrogen) atoms. The molecule has 0 bridgehead atoms. The molecule has 0 N–H and O–H groups in total. The van der Waals surface area contributed by atoms with E-state index in [-0.39, 0.29) is 5.41 Å². The molecule has 0 saturated heterocycles. The van der Waals surface area contributed by atoms with E-state index in [0.29, 0.717) is 0 Å². The van der Waals surface area contributed by atoms with E-state index in [1.165, 1.54) is 22.0 Å². The van der Waals surface area contributed by atoms with Crippen LogP contribution in [0.3, 0.4) is 0 Å². The van der Waals surface area contributed by atoms with E-state index < -0.39 is 0 Å². The topological polar surface area (TPSA) is 0 Å². The van der Waals surface area contributed by atoms with Crippen molar-refractivity contribution < 1.29 is 0 Å². The van der Waals surface area contributed by atoms with Gasteiger partial charge in [-0.05, 0) is 58.5 Å². The van der Waals surface area contributed by atoms with Crippen LogP contribution in [0.1, 0.15) is 32.3 Å². The maximum Gasteiger partial charge on any atom is 0.0280 e. The maximum atomic E-state index is 6.07. The van der Waals surface area contributed by atoms with Crippen molar-refractivity contribution in [2.75, 3.05) is 5.88 Å². The second-order valence-electron chi connectivity index (χ2n) is 4.50. The van der Waals surface area contributed by atoms with Gasteiger partial charge in [0.2, 0.25) is 0 Å². The Morgan fingerprint density at radius 1 is 1.27 bits per heavy atom. The third kappa shape index (κ3) is 4.31. The van der Waals surface area contributed by atoms with Gasteiger partial charge in [0.15, 0.2) is 0 Å². The average Bonchev–Trinajstić information content (AvgIpc) is 2.22. The lowest BCUT2D eigenvalue weighted by Crippen LogP contribution is -2.21. The second kappa shape index (κ2) is 6.09. The van der Waals surface area contributed by atoms with Gasteiger partial charge in [0, 0.05) is 9.45 Å². The van der Waals surface area contributed by atoms with Crippen molar-refractivity contribution in [2.24, 2.45) is 5.41 Å². The zero-order valence-electron chi connectivity index (χ0n) is 9.39. The largest absolute Gasteiger partial charge is 0.126 e. The third-order valence-corrected chi connectivity index (χ3v) is 4.08. The molecular weight excluding hydrogens is 318 g/mol. The molecule has 0 aliphatic rings. The number of alkyl halides is 1. The van der Waals surface area contributed by atoms with Crippen LogP contribution in [0.4, 0.5) is 0 Å². The first-order chi connectivity index (χ1) is 7.09. The summed E-state index contributed by atoms with van der Waals surface area (Å²) in [5.74, 6) is 0.743. The lowest BCUT2D eigenvalue weighted by molar-refractivity contribution is 0.335. The van der Waals surface area contributed by atoms with Crippen LogP contribution in [0.2, 0.25) is 0 Å². The van der Waals surface area contributed by atoms with Gasteiger partial charge in [-0.25, -0.2) is 0 Å². The molecular formula is C13H18ClI. The van der Waals surface area contributed by atoms with Crippen molar-refractivity contribution in [3.63, 3.8) is 0 Å². The molecule has 0 fully saturated rings. The monoisotopic (exact) mass is 336 g/mol. The number of benzene rings is 1. The van der Waals surface area contributed by atoms with Crippen molar-refractivity contribution >= 4 is 34.2 Å². The summed E-state index contributed by atoms with van der Waals surface area (Å²) in [7, 11) is 0. The maximum absolute atomic E-state index is 6.07. The molecule has 0 aliphatic carbocycles. The second-order valence-corrected chi connectivity index (χ2v) is 6.01. The molecule has 0 saturated carbocycles. The first-order valence-corrected chi connectivity index (χ1v) is 7.01. The van der Waals surface area contributed by atoms with Crippen molar-refractivity contribution in [2.45, 2.75) is 33.1 Å². The highest BCUT2D eigenvalue weighted by Crippen LogP contribution is 2.29. The Labute approximate surface area is 112 Å². The Morgan fingerprint density at radius 2 is 1.87 bits per heavy atom. The van der Waals surface area contributed by atoms with Gasteiger partial charge in [0.25, 0.3) is 0 Å². The van der Waals surface area contributed by atoms with Gasteiger partial charge in [0.1, 0.15) is 0 Å². The van der Waals surface area contributed by atoms with Crippen molar-refractivity contribution in [3.8, 4) is 0 Å². The summed E-state index contributed by atoms with van der Waals surface area (Å²) in [5, 5.41) is 0. The van der Waals surface area contributed by atoms with Gasteiger partial charge in [-0.2, -0.15) is 0 Å². The lowest BCUT2D eigenvalue weighted by atomic mass is 9.81. The summed E-state index contributed by atoms with van der Waals surface area (Å²) in [4.78, 5) is 0. The summed E-state index contributed by atoms with van der Waals surface area (Å²) in [6.07, 6.45) is 3.48. The molecule has 1 aromatic rings. The molecule has 0 spiro atoms. The summed E-state index contributed by atoms with van der Waals surface area (Å²) in [6, 6.07) is 8.75. The van der Waals surface area contributed by atoms with E-state index in [2.05, 4.69) is 60.7 Å². The van der Waals surface area contributed by atoms with E-state index in [1.807, 2.05) is 0 Å². The SMILES string of the molecule is CCCC(C)(CCl)Cc1ccc(I)cc1. The first-order valence-electron chi connectivity index (χ1n) is 5.40. The quantitative estimate of drug-likeness (QED) is 0.531. The van der Waals surface area contributed by atoms with Gasteiger partial charge in [-0.15, -0.1) is 11.6 Å². The molecule has 0 aliphatic heterocycles. The molecule has 1 unspecified atom stereocenters. The van der Waals surface area contributed by atoms with Crippen LogP contribution < -0.4 is 0 Å². The minimum absolute atomic E-state index is 0.253. The van der Waals surface area contributed by atoms with Crippen molar-refractivity contribution in [1.82, 2.24) is 0 Å². The zero-order valence-corrected chi connectivity index (χ0v) is 12.3. The highest BCUT2D eigenvalue weighted by Gasteiger charge is 2.22. The van der Waals surface area contributed by atoms with Crippen molar-refractivity contribution in [1.29, 1.82) is 0 Å². The Kier molecular flexibility index (Phi) is 5.41. The number of hydrogen-bond donors (Lipinski definition) is 0. The van der Waals surface area contributed by atoms with Crippen LogP contribution in [0.15, 0.2) is 24.3 Å². The van der Waals surface area contributed by atoms with Crippen LogP contribution in [-0.4, -0.2) is 5.88 Å². The molecule has 0 heterocycles. The highest BCUT2D eigenvalue weighted by atomic mass is 127. The van der Waals surface area contributed by atoms with Gasteiger partial charge in [-0.1, -0.05) is 32.4 Å². The van der Waals surface area contributed by atoms with Gasteiger partial charge in [0.05, 0.1) is 0 Å². The molecule has 0 amide bonds. The number of halogens is 2. The number of hydrogen-bond acceptors (Lipinski definition) is 0. The van der Waals surface area contributed by atoms with E-state index in [1.54, 1.807) is 0 Å². The van der Waals surface area contributed by atoms with E-state index in [4.69, 9.17) is 11.6 Å². The fraction of sp³-hybridized carbons (Fsp3) is 0.538. The predicted octanol–water partition coefficient (Wildman–Crippen LogP) is 4.88. The molecule has 1 atom stereocenters. The lowest BCUT2D eigenvalue weighted by Gasteiger charge is -2.26. The summed E-state index contributed by atoms with van der Waals surface area (Å²) in [6.45, 7) is 4.50. The molecule has 2 heteroatoms. The van der Waals surface area contributed by atoms with Crippen LogP contribution in [0.5, 0.6) is 0 Å². The fourth-order valence-corrected chi connectivity index (χ4v) is 2.49. The van der Waals surface area contributed by atoms with Gasteiger partial charge >= 0.3 is 0 Å². The summed E-state index contributed by atoms with van der Waals surface area (Å²) in [5.41, 5.74) is 1.65. The molecule has 0 aromatic heterocycles. The standard InChI is InChI=1S/C13H18ClI/c1-3-8-13(2,10-14)9-11-4-6-12(15)7-5-11/h4-7H,3,8-10H2,1-2H3.